The van der Waals surface area contributed by atoms with Crippen LogP contribution in [0.25, 0.3) is 0 Å². The molecule has 2 heteroatoms. The smallest absolute Gasteiger partial charge is 0.122 e. The number of methoxy groups -OCH3 is 1. The summed E-state index contributed by atoms with van der Waals surface area (Å²) in [6, 6.07) is 4.02. The van der Waals surface area contributed by atoms with Crippen molar-refractivity contribution < 1.29 is 4.74 Å². The third-order valence-corrected chi connectivity index (χ3v) is 2.97. The first-order valence-corrected chi connectivity index (χ1v) is 4.26. The van der Waals surface area contributed by atoms with Gasteiger partial charge in [-0.05, 0) is 25.5 Å². The fourth-order valence-corrected chi connectivity index (χ4v) is 1.35. The Balaban J connectivity index is 3.25. The SMILES string of the molecule is COc1ccc(C)c(Br)c1C. The molecule has 1 aromatic carbocycles. The molecule has 0 N–H and O–H groups in total. The lowest BCUT2D eigenvalue weighted by atomic mass is 10.1. The quantitative estimate of drug-likeness (QED) is 0.699. The molecule has 0 fully saturated rings. The van der Waals surface area contributed by atoms with Crippen LogP contribution in [0.2, 0.25) is 0 Å². The van der Waals surface area contributed by atoms with E-state index in [1.807, 2.05) is 19.1 Å². The van der Waals surface area contributed by atoms with Crippen LogP contribution in [0.5, 0.6) is 5.75 Å². The highest BCUT2D eigenvalue weighted by Gasteiger charge is 2.03. The van der Waals surface area contributed by atoms with Gasteiger partial charge in [-0.1, -0.05) is 22.0 Å². The van der Waals surface area contributed by atoms with Gasteiger partial charge in [-0.2, -0.15) is 0 Å². The fraction of sp³-hybridized carbons (Fsp3) is 0.333. The zero-order chi connectivity index (χ0) is 8.43. The molecule has 0 aliphatic carbocycles. The van der Waals surface area contributed by atoms with Crippen molar-refractivity contribution in [1.29, 1.82) is 0 Å². The van der Waals surface area contributed by atoms with Crippen LogP contribution in [-0.2, 0) is 0 Å². The van der Waals surface area contributed by atoms with Gasteiger partial charge in [0, 0.05) is 10.0 Å². The van der Waals surface area contributed by atoms with Crippen molar-refractivity contribution in [2.45, 2.75) is 13.8 Å². The van der Waals surface area contributed by atoms with E-state index in [0.717, 1.165) is 15.8 Å². The number of benzene rings is 1. The predicted molar refractivity (Wildman–Crippen MR) is 50.2 cm³/mol. The van der Waals surface area contributed by atoms with Crippen LogP contribution < -0.4 is 4.74 Å². The summed E-state index contributed by atoms with van der Waals surface area (Å²) >= 11 is 3.49. The molecule has 0 saturated carbocycles. The fourth-order valence-electron chi connectivity index (χ4n) is 1.02. The molecule has 60 valence electrons. The largest absolute Gasteiger partial charge is 0.496 e. The van der Waals surface area contributed by atoms with Crippen LogP contribution in [0.3, 0.4) is 0 Å². The average molecular weight is 215 g/mol. The molecular formula is C9H11BrO. The first kappa shape index (κ1) is 8.60. The standard InChI is InChI=1S/C9H11BrO/c1-6-4-5-8(11-3)7(2)9(6)10/h4-5H,1-3H3. The summed E-state index contributed by atoms with van der Waals surface area (Å²) in [6.45, 7) is 4.10. The summed E-state index contributed by atoms with van der Waals surface area (Å²) in [5, 5.41) is 0. The van der Waals surface area contributed by atoms with E-state index in [0.29, 0.717) is 0 Å². The predicted octanol–water partition coefficient (Wildman–Crippen LogP) is 3.07. The molecule has 1 aromatic rings. The first-order valence-electron chi connectivity index (χ1n) is 3.46. The van der Waals surface area contributed by atoms with Crippen LogP contribution in [-0.4, -0.2) is 7.11 Å². The molecule has 1 rings (SSSR count). The maximum absolute atomic E-state index is 5.15. The van der Waals surface area contributed by atoms with Crippen LogP contribution in [0, 0.1) is 13.8 Å². The molecule has 0 aliphatic rings. The van der Waals surface area contributed by atoms with Crippen LogP contribution >= 0.6 is 15.9 Å². The average Bonchev–Trinajstić information content (AvgIpc) is 2.01. The molecule has 0 aliphatic heterocycles. The molecule has 0 heterocycles. The number of rotatable bonds is 1. The number of halogens is 1. The molecule has 0 unspecified atom stereocenters. The molecule has 0 bridgehead atoms. The highest BCUT2D eigenvalue weighted by atomic mass is 79.9. The highest BCUT2D eigenvalue weighted by Crippen LogP contribution is 2.28. The van der Waals surface area contributed by atoms with Crippen molar-refractivity contribution >= 4 is 15.9 Å². The molecule has 0 saturated heterocycles. The summed E-state index contributed by atoms with van der Waals surface area (Å²) in [5.74, 6) is 0.933. The van der Waals surface area contributed by atoms with E-state index in [9.17, 15) is 0 Å². The Morgan fingerprint density at radius 1 is 1.27 bits per heavy atom. The minimum Gasteiger partial charge on any atom is -0.496 e. The summed E-state index contributed by atoms with van der Waals surface area (Å²) < 4.78 is 6.29. The number of hydrogen-bond acceptors (Lipinski definition) is 1. The van der Waals surface area contributed by atoms with Crippen molar-refractivity contribution in [3.63, 3.8) is 0 Å². The van der Waals surface area contributed by atoms with E-state index < -0.39 is 0 Å². The van der Waals surface area contributed by atoms with E-state index in [2.05, 4.69) is 22.9 Å². The second kappa shape index (κ2) is 3.26. The van der Waals surface area contributed by atoms with Gasteiger partial charge in [0.25, 0.3) is 0 Å². The molecule has 0 amide bonds. The van der Waals surface area contributed by atoms with Crippen LogP contribution in [0.4, 0.5) is 0 Å². The minimum absolute atomic E-state index is 0.933. The second-order valence-electron chi connectivity index (χ2n) is 2.52. The summed E-state index contributed by atoms with van der Waals surface area (Å²) in [7, 11) is 1.68. The third-order valence-electron chi connectivity index (χ3n) is 1.75. The van der Waals surface area contributed by atoms with Crippen molar-refractivity contribution in [3.05, 3.63) is 27.7 Å². The first-order chi connectivity index (χ1) is 5.16. The van der Waals surface area contributed by atoms with Crippen molar-refractivity contribution in [1.82, 2.24) is 0 Å². The maximum atomic E-state index is 5.15. The summed E-state index contributed by atoms with van der Waals surface area (Å²) in [4.78, 5) is 0. The van der Waals surface area contributed by atoms with Crippen molar-refractivity contribution in [3.8, 4) is 5.75 Å². The van der Waals surface area contributed by atoms with Crippen LogP contribution in [0.15, 0.2) is 16.6 Å². The molecule has 0 atom stereocenters. The van der Waals surface area contributed by atoms with Crippen molar-refractivity contribution in [2.75, 3.05) is 7.11 Å². The lowest BCUT2D eigenvalue weighted by Gasteiger charge is -2.07. The van der Waals surface area contributed by atoms with E-state index in [-0.39, 0.29) is 0 Å². The van der Waals surface area contributed by atoms with E-state index >= 15 is 0 Å². The minimum atomic E-state index is 0.933. The zero-order valence-corrected chi connectivity index (χ0v) is 8.53. The number of ether oxygens (including phenoxy) is 1. The molecule has 1 nitrogen and oxygen atoms in total. The van der Waals surface area contributed by atoms with Gasteiger partial charge in [0.1, 0.15) is 5.75 Å². The lowest BCUT2D eigenvalue weighted by molar-refractivity contribution is 0.411. The van der Waals surface area contributed by atoms with Crippen molar-refractivity contribution in [2.24, 2.45) is 0 Å². The number of hydrogen-bond donors (Lipinski definition) is 0. The Kier molecular flexibility index (Phi) is 2.55. The summed E-state index contributed by atoms with van der Waals surface area (Å²) in [6.07, 6.45) is 0. The Morgan fingerprint density at radius 2 is 1.91 bits per heavy atom. The highest BCUT2D eigenvalue weighted by molar-refractivity contribution is 9.10. The van der Waals surface area contributed by atoms with Gasteiger partial charge in [0.05, 0.1) is 7.11 Å². The maximum Gasteiger partial charge on any atom is 0.122 e. The van der Waals surface area contributed by atoms with Gasteiger partial charge in [-0.25, -0.2) is 0 Å². The Labute approximate surface area is 75.5 Å². The van der Waals surface area contributed by atoms with Crippen LogP contribution in [0.1, 0.15) is 11.1 Å². The molecular weight excluding hydrogens is 204 g/mol. The Morgan fingerprint density at radius 3 is 2.45 bits per heavy atom. The Bertz CT molecular complexity index is 269. The van der Waals surface area contributed by atoms with E-state index in [1.54, 1.807) is 7.11 Å². The lowest BCUT2D eigenvalue weighted by Crippen LogP contribution is -1.89. The van der Waals surface area contributed by atoms with Gasteiger partial charge in [0.15, 0.2) is 0 Å². The van der Waals surface area contributed by atoms with Gasteiger partial charge < -0.3 is 4.74 Å². The van der Waals surface area contributed by atoms with Gasteiger partial charge >= 0.3 is 0 Å². The monoisotopic (exact) mass is 214 g/mol. The third kappa shape index (κ3) is 1.56. The second-order valence-corrected chi connectivity index (χ2v) is 3.32. The molecule has 0 aromatic heterocycles. The Hall–Kier alpha value is -0.500. The van der Waals surface area contributed by atoms with Gasteiger partial charge in [-0.15, -0.1) is 0 Å². The van der Waals surface area contributed by atoms with E-state index in [1.165, 1.54) is 5.56 Å². The molecule has 0 spiro atoms. The topological polar surface area (TPSA) is 9.23 Å². The van der Waals surface area contributed by atoms with Gasteiger partial charge in [-0.3, -0.25) is 0 Å². The molecule has 0 radical (unpaired) electrons. The normalized spacial score (nSPS) is 9.82. The van der Waals surface area contributed by atoms with Gasteiger partial charge in [0.2, 0.25) is 0 Å². The zero-order valence-electron chi connectivity index (χ0n) is 6.94. The van der Waals surface area contributed by atoms with E-state index in [4.69, 9.17) is 4.74 Å². The number of aryl methyl sites for hydroxylation is 1. The molecule has 11 heavy (non-hydrogen) atoms. The summed E-state index contributed by atoms with van der Waals surface area (Å²) in [5.41, 5.74) is 2.40.